The maximum atomic E-state index is 13.9. The summed E-state index contributed by atoms with van der Waals surface area (Å²) in [5.41, 5.74) is 1.82. The summed E-state index contributed by atoms with van der Waals surface area (Å²) in [6.45, 7) is 0.406. The highest BCUT2D eigenvalue weighted by molar-refractivity contribution is 6.28. The first kappa shape index (κ1) is 15.5. The summed E-state index contributed by atoms with van der Waals surface area (Å²) < 4.78 is 28.9. The fourth-order valence-electron chi connectivity index (χ4n) is 2.35. The number of halogens is 3. The molecule has 0 saturated heterocycles. The van der Waals surface area contributed by atoms with E-state index in [0.29, 0.717) is 17.9 Å². The van der Waals surface area contributed by atoms with Crippen LogP contribution in [0.2, 0.25) is 5.28 Å². The average molecular weight is 359 g/mol. The summed E-state index contributed by atoms with van der Waals surface area (Å²) in [6.07, 6.45) is 6.37. The number of hydrogen-bond donors (Lipinski definition) is 0. The molecule has 3 heterocycles. The Balaban J connectivity index is 1.69. The van der Waals surface area contributed by atoms with Crippen LogP contribution in [0, 0.1) is 11.6 Å². The number of fused-ring (bicyclic) bond motifs is 1. The van der Waals surface area contributed by atoms with Crippen LogP contribution in [0.15, 0.2) is 43.0 Å². The van der Waals surface area contributed by atoms with Crippen molar-refractivity contribution in [1.82, 2.24) is 29.7 Å². The number of nitrogens with zero attached hydrogens (tertiary/aromatic N) is 6. The summed E-state index contributed by atoms with van der Waals surface area (Å²) in [6, 6.07) is 3.89. The zero-order valence-electron chi connectivity index (χ0n) is 12.6. The van der Waals surface area contributed by atoms with Gasteiger partial charge in [-0.2, -0.15) is 5.10 Å². The Bertz CT molecular complexity index is 1020. The number of hydrogen-bond acceptors (Lipinski definition) is 5. The fourth-order valence-corrected chi connectivity index (χ4v) is 2.45. The molecule has 4 rings (SSSR count). The molecule has 0 fully saturated rings. The molecule has 0 spiro atoms. The van der Waals surface area contributed by atoms with Crippen LogP contribution in [-0.4, -0.2) is 29.7 Å². The van der Waals surface area contributed by atoms with Crippen LogP contribution in [-0.2, 0) is 6.54 Å². The minimum Gasteiger partial charge on any atom is -0.266 e. The van der Waals surface area contributed by atoms with Gasteiger partial charge in [0.2, 0.25) is 5.28 Å². The number of imidazole rings is 1. The van der Waals surface area contributed by atoms with E-state index in [1.165, 1.54) is 18.3 Å². The smallest absolute Gasteiger partial charge is 0.222 e. The fraction of sp³-hybridized carbons (Fsp3) is 0.0625. The molecule has 0 aliphatic carbocycles. The third kappa shape index (κ3) is 3.03. The standard InChI is InChI=1S/C16H9ClF2N6/c17-16-20-4-9(5-21-16)7-25-8-13-12(6-22-25)23-15(24-13)10-2-1-3-11(18)14(10)19/h1-6,8H,7H2. The minimum atomic E-state index is -0.975. The zero-order chi connectivity index (χ0) is 17.4. The van der Waals surface area contributed by atoms with Crippen molar-refractivity contribution in [1.29, 1.82) is 0 Å². The molecule has 2 aromatic rings. The first-order valence-corrected chi connectivity index (χ1v) is 7.59. The molecule has 25 heavy (non-hydrogen) atoms. The van der Waals surface area contributed by atoms with E-state index >= 15 is 0 Å². The normalized spacial score (nSPS) is 11.2. The van der Waals surface area contributed by atoms with E-state index in [9.17, 15) is 8.78 Å². The second-order valence-electron chi connectivity index (χ2n) is 5.25. The van der Waals surface area contributed by atoms with Gasteiger partial charge in [0.05, 0.1) is 24.5 Å². The first-order valence-electron chi connectivity index (χ1n) is 7.21. The number of rotatable bonds is 3. The molecule has 0 atom stereocenters. The molecule has 1 aromatic carbocycles. The molecular weight excluding hydrogens is 350 g/mol. The van der Waals surface area contributed by atoms with Crippen molar-refractivity contribution in [3.05, 3.63) is 65.5 Å². The van der Waals surface area contributed by atoms with Gasteiger partial charge in [0.25, 0.3) is 0 Å². The summed E-state index contributed by atoms with van der Waals surface area (Å²) in [5.74, 6) is -1.80. The Labute approximate surface area is 145 Å². The van der Waals surface area contributed by atoms with Crippen molar-refractivity contribution in [3.63, 3.8) is 0 Å². The molecule has 0 unspecified atom stereocenters. The van der Waals surface area contributed by atoms with Crippen LogP contribution >= 0.6 is 11.6 Å². The third-order valence-corrected chi connectivity index (χ3v) is 3.72. The van der Waals surface area contributed by atoms with Crippen LogP contribution in [0.5, 0.6) is 0 Å². The van der Waals surface area contributed by atoms with Gasteiger partial charge in [-0.3, -0.25) is 4.68 Å². The molecule has 2 aliphatic heterocycles. The van der Waals surface area contributed by atoms with Gasteiger partial charge in [0, 0.05) is 18.0 Å². The van der Waals surface area contributed by atoms with Gasteiger partial charge in [-0.1, -0.05) is 6.07 Å². The van der Waals surface area contributed by atoms with Crippen LogP contribution in [0.1, 0.15) is 5.56 Å². The molecule has 0 bridgehead atoms. The van der Waals surface area contributed by atoms with Crippen LogP contribution in [0.3, 0.4) is 0 Å². The first-order chi connectivity index (χ1) is 12.1. The van der Waals surface area contributed by atoms with E-state index < -0.39 is 11.6 Å². The highest BCUT2D eigenvalue weighted by Gasteiger charge is 2.18. The lowest BCUT2D eigenvalue weighted by molar-refractivity contribution is 0.510. The van der Waals surface area contributed by atoms with Crippen molar-refractivity contribution >= 4 is 11.6 Å². The van der Waals surface area contributed by atoms with E-state index in [4.69, 9.17) is 11.6 Å². The van der Waals surface area contributed by atoms with Gasteiger partial charge in [0.1, 0.15) is 11.4 Å². The SMILES string of the molecule is Fc1cccc(-c2nc3cnn(Cc4cnc(Cl)nc4)cc-3n2)c1F. The minimum absolute atomic E-state index is 0.00820. The average Bonchev–Trinajstić information content (AvgIpc) is 3.02. The Morgan fingerprint density at radius 3 is 2.56 bits per heavy atom. The van der Waals surface area contributed by atoms with Crippen molar-refractivity contribution in [2.45, 2.75) is 6.54 Å². The summed E-state index contributed by atoms with van der Waals surface area (Å²) in [7, 11) is 0. The Hall–Kier alpha value is -3.00. The van der Waals surface area contributed by atoms with Crippen LogP contribution in [0.25, 0.3) is 22.8 Å². The summed E-state index contributed by atoms with van der Waals surface area (Å²) in [4.78, 5) is 16.3. The molecule has 0 amide bonds. The molecule has 0 N–H and O–H groups in total. The van der Waals surface area contributed by atoms with Gasteiger partial charge in [-0.25, -0.2) is 28.7 Å². The molecule has 124 valence electrons. The number of benzene rings is 1. The van der Waals surface area contributed by atoms with Gasteiger partial charge in [0.15, 0.2) is 17.5 Å². The highest BCUT2D eigenvalue weighted by Crippen LogP contribution is 2.26. The molecule has 2 aliphatic rings. The molecule has 6 nitrogen and oxygen atoms in total. The van der Waals surface area contributed by atoms with Crippen LogP contribution < -0.4 is 0 Å². The predicted octanol–water partition coefficient (Wildman–Crippen LogP) is 3.21. The lowest BCUT2D eigenvalue weighted by Gasteiger charge is -2.05. The van der Waals surface area contributed by atoms with Crippen molar-refractivity contribution in [3.8, 4) is 22.8 Å². The van der Waals surface area contributed by atoms with E-state index in [1.54, 1.807) is 23.3 Å². The third-order valence-electron chi connectivity index (χ3n) is 3.53. The maximum Gasteiger partial charge on any atom is 0.222 e. The Morgan fingerprint density at radius 2 is 1.76 bits per heavy atom. The summed E-state index contributed by atoms with van der Waals surface area (Å²) >= 11 is 5.66. The molecule has 9 heteroatoms. The van der Waals surface area contributed by atoms with Gasteiger partial charge in [-0.05, 0) is 23.7 Å². The molecule has 0 saturated carbocycles. The lowest BCUT2D eigenvalue weighted by Crippen LogP contribution is -2.06. The van der Waals surface area contributed by atoms with Gasteiger partial charge >= 0.3 is 0 Å². The van der Waals surface area contributed by atoms with Crippen molar-refractivity contribution < 1.29 is 8.78 Å². The second-order valence-corrected chi connectivity index (χ2v) is 5.59. The van der Waals surface area contributed by atoms with Gasteiger partial charge < -0.3 is 0 Å². The molecular formula is C16H9ClF2N6. The zero-order valence-corrected chi connectivity index (χ0v) is 13.3. The molecule has 1 aromatic heterocycles. The van der Waals surface area contributed by atoms with Gasteiger partial charge in [-0.15, -0.1) is 0 Å². The van der Waals surface area contributed by atoms with E-state index in [2.05, 4.69) is 25.0 Å². The quantitative estimate of drug-likeness (QED) is 0.526. The Kier molecular flexibility index (Phi) is 3.81. The maximum absolute atomic E-state index is 13.9. The van der Waals surface area contributed by atoms with Crippen molar-refractivity contribution in [2.24, 2.45) is 0 Å². The van der Waals surface area contributed by atoms with Crippen LogP contribution in [0.4, 0.5) is 8.78 Å². The molecule has 0 radical (unpaired) electrons. The van der Waals surface area contributed by atoms with Crippen molar-refractivity contribution in [2.75, 3.05) is 0 Å². The monoisotopic (exact) mass is 358 g/mol. The summed E-state index contributed by atoms with van der Waals surface area (Å²) in [5, 5.41) is 4.40. The van der Waals surface area contributed by atoms with E-state index in [0.717, 1.165) is 11.6 Å². The highest BCUT2D eigenvalue weighted by atomic mass is 35.5. The largest absolute Gasteiger partial charge is 0.266 e. The Morgan fingerprint density at radius 1 is 1.00 bits per heavy atom. The number of aromatic nitrogens is 6. The second kappa shape index (κ2) is 6.14. The topological polar surface area (TPSA) is 69.4 Å². The predicted molar refractivity (Wildman–Crippen MR) is 85.9 cm³/mol. The lowest BCUT2D eigenvalue weighted by atomic mass is 10.2. The van der Waals surface area contributed by atoms with E-state index in [1.807, 2.05) is 0 Å². The van der Waals surface area contributed by atoms with E-state index in [-0.39, 0.29) is 16.7 Å².